The van der Waals surface area contributed by atoms with Crippen molar-refractivity contribution in [1.82, 2.24) is 15.1 Å². The highest BCUT2D eigenvalue weighted by Crippen LogP contribution is 2.45. The molecular weight excluding hydrogens is 586 g/mol. The van der Waals surface area contributed by atoms with E-state index in [-0.39, 0.29) is 66.0 Å². The number of nitrogens with one attached hydrogen (secondary N) is 1. The first-order valence-corrected chi connectivity index (χ1v) is 16.5. The number of hydrogen-bond donors (Lipinski definition) is 1. The molecule has 1 aromatic rings. The fourth-order valence-corrected chi connectivity index (χ4v) is 7.83. The van der Waals surface area contributed by atoms with Crippen LogP contribution < -0.4 is 5.32 Å². The van der Waals surface area contributed by atoms with Gasteiger partial charge in [-0.05, 0) is 64.7 Å². The van der Waals surface area contributed by atoms with E-state index >= 15 is 4.79 Å². The molecule has 3 fully saturated rings. The van der Waals surface area contributed by atoms with Crippen LogP contribution in [0.1, 0.15) is 92.6 Å². The number of rotatable bonds is 6. The molecule has 44 heavy (non-hydrogen) atoms. The molecule has 10 heteroatoms. The van der Waals surface area contributed by atoms with Crippen LogP contribution in [0.25, 0.3) is 0 Å². The maximum atomic E-state index is 15.3. The molecule has 0 bridgehead atoms. The number of nitrogens with zero attached hydrogens (tertiary/aromatic N) is 3. The number of hydrogen-bond acceptors (Lipinski definition) is 4. The molecule has 1 saturated carbocycles. The molecule has 2 aliphatic heterocycles. The van der Waals surface area contributed by atoms with Crippen molar-refractivity contribution in [2.45, 2.75) is 122 Å². The fraction of sp³-hybridized carbons (Fsp3) is 0.735. The quantitative estimate of drug-likeness (QED) is 0.401. The zero-order chi connectivity index (χ0) is 32.9. The van der Waals surface area contributed by atoms with E-state index in [1.54, 1.807) is 4.90 Å². The van der Waals surface area contributed by atoms with Crippen LogP contribution >= 0.6 is 11.6 Å². The van der Waals surface area contributed by atoms with Crippen molar-refractivity contribution in [3.05, 3.63) is 34.9 Å². The Balaban J connectivity index is 1.80. The van der Waals surface area contributed by atoms with E-state index in [4.69, 9.17) is 11.6 Å². The Hall–Kier alpha value is -2.10. The predicted octanol–water partition coefficient (Wildman–Crippen LogP) is 5.78. The van der Waals surface area contributed by atoms with Crippen LogP contribution in [-0.4, -0.2) is 94.8 Å². The van der Waals surface area contributed by atoms with Crippen LogP contribution in [0.3, 0.4) is 0 Å². The SMILES string of the molecule is CCNC(=O)[C@@H]1C[C@H](N(C(=O)C(C)(C)C)C2CCC(F)(F)CC2)C[N+]1(C)C(=O)[C@]1(c2ccc(Cl)cc2)CCN(C(C)(C)C)C1. The monoisotopic (exact) mass is 637 g/mol. The highest BCUT2D eigenvalue weighted by molar-refractivity contribution is 6.30. The number of alkyl halides is 2. The lowest BCUT2D eigenvalue weighted by Gasteiger charge is -2.43. The van der Waals surface area contributed by atoms with Crippen LogP contribution in [0.4, 0.5) is 8.78 Å². The first-order valence-electron chi connectivity index (χ1n) is 16.1. The van der Waals surface area contributed by atoms with Gasteiger partial charge in [0.15, 0.2) is 6.04 Å². The van der Waals surface area contributed by atoms with Crippen LogP contribution in [0.15, 0.2) is 24.3 Å². The Morgan fingerprint density at radius 2 is 1.61 bits per heavy atom. The van der Waals surface area contributed by atoms with Gasteiger partial charge in [0.1, 0.15) is 12.0 Å². The maximum absolute atomic E-state index is 15.3. The van der Waals surface area contributed by atoms with Crippen molar-refractivity contribution >= 4 is 29.3 Å². The lowest BCUT2D eigenvalue weighted by atomic mass is 9.77. The molecule has 2 heterocycles. The summed E-state index contributed by atoms with van der Waals surface area (Å²) in [4.78, 5) is 47.2. The third-order valence-corrected chi connectivity index (χ3v) is 10.5. The number of amides is 3. The van der Waals surface area contributed by atoms with E-state index in [1.165, 1.54) is 0 Å². The number of likely N-dealkylation sites (tertiary alicyclic amines) is 2. The number of benzene rings is 1. The van der Waals surface area contributed by atoms with Crippen molar-refractivity contribution in [2.24, 2.45) is 5.41 Å². The molecule has 3 aliphatic rings. The zero-order valence-electron chi connectivity index (χ0n) is 27.8. The lowest BCUT2D eigenvalue weighted by Crippen LogP contribution is -2.65. The van der Waals surface area contributed by atoms with Crippen LogP contribution in [0.5, 0.6) is 0 Å². The van der Waals surface area contributed by atoms with E-state index in [9.17, 15) is 18.4 Å². The highest BCUT2D eigenvalue weighted by atomic mass is 35.5. The molecule has 4 atom stereocenters. The summed E-state index contributed by atoms with van der Waals surface area (Å²) in [5.41, 5.74) is -0.940. The standard InChI is InChI=1S/C34H51ClF2N4O3/c1-9-38-28(42)27-20-26(40(29(43)31(2,3)4)25-14-16-34(36,37)17-15-25)21-41(27,8)30(44)33(23-10-12-24(35)13-11-23)18-19-39(22-33)32(5,6)7/h10-13,25-27H,9,14-22H2,1-8H3/p+1/t26-,27-,33+,41?/m0/s1. The van der Waals surface area contributed by atoms with Gasteiger partial charge in [0, 0.05) is 60.9 Å². The van der Waals surface area contributed by atoms with E-state index in [0.29, 0.717) is 31.0 Å². The summed E-state index contributed by atoms with van der Waals surface area (Å²) >= 11 is 6.27. The van der Waals surface area contributed by atoms with Gasteiger partial charge in [0.05, 0.1) is 13.1 Å². The van der Waals surface area contributed by atoms with Gasteiger partial charge >= 0.3 is 5.91 Å². The van der Waals surface area contributed by atoms with Crippen molar-refractivity contribution in [2.75, 3.05) is 33.2 Å². The Morgan fingerprint density at radius 1 is 1.02 bits per heavy atom. The van der Waals surface area contributed by atoms with Crippen molar-refractivity contribution in [3.8, 4) is 0 Å². The van der Waals surface area contributed by atoms with E-state index in [0.717, 1.165) is 12.1 Å². The molecular formula is C34H52ClF2N4O3+. The van der Waals surface area contributed by atoms with Crippen molar-refractivity contribution < 1.29 is 27.6 Å². The third-order valence-electron chi connectivity index (χ3n) is 10.3. The van der Waals surface area contributed by atoms with Gasteiger partial charge in [-0.2, -0.15) is 0 Å². The van der Waals surface area contributed by atoms with Crippen LogP contribution in [0.2, 0.25) is 5.02 Å². The van der Waals surface area contributed by atoms with Gasteiger partial charge in [-0.1, -0.05) is 44.5 Å². The summed E-state index contributed by atoms with van der Waals surface area (Å²) in [5.74, 6) is -3.13. The van der Waals surface area contributed by atoms with E-state index < -0.39 is 28.8 Å². The minimum Gasteiger partial charge on any atom is -0.351 e. The lowest BCUT2D eigenvalue weighted by molar-refractivity contribution is -0.840. The molecule has 0 aromatic heterocycles. The first-order chi connectivity index (χ1) is 20.2. The second-order valence-corrected chi connectivity index (χ2v) is 16.0. The average molecular weight is 638 g/mol. The topological polar surface area (TPSA) is 69.7 Å². The molecule has 0 radical (unpaired) electrons. The van der Waals surface area contributed by atoms with Gasteiger partial charge in [-0.3, -0.25) is 19.0 Å². The van der Waals surface area contributed by atoms with Crippen molar-refractivity contribution in [3.63, 3.8) is 0 Å². The largest absolute Gasteiger partial charge is 0.351 e. The van der Waals surface area contributed by atoms with Gasteiger partial charge in [0.25, 0.3) is 5.91 Å². The number of carbonyl (C=O) groups is 3. The minimum absolute atomic E-state index is 0.0522. The number of quaternary nitrogens is 1. The molecule has 1 N–H and O–H groups in total. The molecule has 3 amide bonds. The molecule has 1 aromatic carbocycles. The van der Waals surface area contributed by atoms with E-state index in [1.807, 2.05) is 59.0 Å². The number of halogens is 3. The number of likely N-dealkylation sites (N-methyl/N-ethyl adjacent to an activating group) is 2. The maximum Gasteiger partial charge on any atom is 0.326 e. The summed E-state index contributed by atoms with van der Waals surface area (Å²) in [6, 6.07) is 5.93. The summed E-state index contributed by atoms with van der Waals surface area (Å²) < 4.78 is 28.3. The molecule has 4 rings (SSSR count). The molecule has 0 spiro atoms. The first kappa shape index (κ1) is 34.8. The second-order valence-electron chi connectivity index (χ2n) is 15.5. The summed E-state index contributed by atoms with van der Waals surface area (Å²) in [7, 11) is 1.84. The fourth-order valence-electron chi connectivity index (χ4n) is 7.71. The zero-order valence-corrected chi connectivity index (χ0v) is 28.6. The molecule has 1 unspecified atom stereocenters. The smallest absolute Gasteiger partial charge is 0.326 e. The summed E-state index contributed by atoms with van der Waals surface area (Å²) in [5, 5.41) is 3.53. The molecule has 246 valence electrons. The van der Waals surface area contributed by atoms with Crippen LogP contribution in [-0.2, 0) is 19.8 Å². The Morgan fingerprint density at radius 3 is 2.11 bits per heavy atom. The van der Waals surface area contributed by atoms with Gasteiger partial charge in [-0.25, -0.2) is 13.6 Å². The Bertz CT molecular complexity index is 1230. The van der Waals surface area contributed by atoms with Crippen LogP contribution in [0, 0.1) is 5.41 Å². The molecule has 2 saturated heterocycles. The predicted molar refractivity (Wildman–Crippen MR) is 170 cm³/mol. The third kappa shape index (κ3) is 6.70. The van der Waals surface area contributed by atoms with Crippen molar-refractivity contribution in [1.29, 1.82) is 0 Å². The Kier molecular flexibility index (Phi) is 9.68. The van der Waals surface area contributed by atoms with Gasteiger partial charge < -0.3 is 10.2 Å². The summed E-state index contributed by atoms with van der Waals surface area (Å²) in [6.07, 6.45) is 0.737. The molecule has 1 aliphatic carbocycles. The van der Waals surface area contributed by atoms with Gasteiger partial charge in [0.2, 0.25) is 11.8 Å². The Labute approximate surface area is 267 Å². The highest BCUT2D eigenvalue weighted by Gasteiger charge is 2.63. The second kappa shape index (κ2) is 12.3. The normalized spacial score (nSPS) is 29.9. The van der Waals surface area contributed by atoms with E-state index in [2.05, 4.69) is 31.0 Å². The minimum atomic E-state index is -2.74. The summed E-state index contributed by atoms with van der Waals surface area (Å²) in [6.45, 7) is 15.7. The van der Waals surface area contributed by atoms with Gasteiger partial charge in [-0.15, -0.1) is 0 Å². The average Bonchev–Trinajstić information content (AvgIpc) is 3.53. The number of carbonyl (C=O) groups excluding carboxylic acids is 3. The molecule has 7 nitrogen and oxygen atoms in total.